The largest absolute Gasteiger partial charge is 0.861 e. The first-order valence-electron chi connectivity index (χ1n) is 14.1. The number of benzene rings is 2. The molecule has 43 heavy (non-hydrogen) atoms. The minimum absolute atomic E-state index is 0.0510. The van der Waals surface area contributed by atoms with Crippen LogP contribution in [0, 0.1) is 5.92 Å². The van der Waals surface area contributed by atoms with Gasteiger partial charge in [-0.05, 0) is 73.3 Å². The van der Waals surface area contributed by atoms with E-state index >= 15 is 0 Å². The van der Waals surface area contributed by atoms with Crippen LogP contribution in [0.3, 0.4) is 0 Å². The Balaban J connectivity index is 1.26. The van der Waals surface area contributed by atoms with Crippen LogP contribution in [-0.4, -0.2) is 47.3 Å². The van der Waals surface area contributed by atoms with Gasteiger partial charge in [0.15, 0.2) is 6.04 Å². The molecular formula is C30H34F3N7O3. The minimum Gasteiger partial charge on any atom is -0.861 e. The highest BCUT2D eigenvalue weighted by Gasteiger charge is 2.32. The Hall–Kier alpha value is -4.39. The second kappa shape index (κ2) is 12.5. The van der Waals surface area contributed by atoms with Gasteiger partial charge in [0.25, 0.3) is 6.20 Å². The lowest BCUT2D eigenvalue weighted by Crippen LogP contribution is -2.43. The summed E-state index contributed by atoms with van der Waals surface area (Å²) in [7, 11) is 5.96. The number of amides is 2. The number of fused-ring (bicyclic) bond motifs is 1. The fraction of sp³-hybridized carbons (Fsp3) is 0.400. The molecule has 0 unspecified atom stereocenters. The smallest absolute Gasteiger partial charge is 0.416 e. The van der Waals surface area contributed by atoms with Crippen molar-refractivity contribution in [3.05, 3.63) is 66.0 Å². The number of nitrogens with zero attached hydrogens (tertiary/aromatic N) is 5. The Morgan fingerprint density at radius 3 is 2.63 bits per heavy atom. The minimum atomic E-state index is -4.72. The first-order chi connectivity index (χ1) is 20.4. The summed E-state index contributed by atoms with van der Waals surface area (Å²) < 4.78 is 49.8. The standard InChI is InChI=1S/C30H34F3N7O3/c1-38(2)16-19-8-10-24(11-9-19)40-18-28(43-37-40)36-29(42)35-23-14-21(30(31,32)33)13-22(15-23)34-27(41)12-20-17-39(3)26-7-5-4-6-25(20)26/h4-7,13-15,17-19,24H,8-12,16H2,1-3H3,(H2-,34,35,36,37,41,42). The molecule has 2 aromatic heterocycles. The lowest BCUT2D eigenvalue weighted by atomic mass is 9.86. The van der Waals surface area contributed by atoms with E-state index in [-0.39, 0.29) is 29.7 Å². The van der Waals surface area contributed by atoms with Gasteiger partial charge in [0.2, 0.25) is 5.27 Å². The van der Waals surface area contributed by atoms with Gasteiger partial charge in [-0.3, -0.25) is 14.8 Å². The molecule has 0 aliphatic heterocycles. The number of anilines is 2. The summed E-state index contributed by atoms with van der Waals surface area (Å²) in [5.74, 6) is 0.0582. The van der Waals surface area contributed by atoms with E-state index in [0.29, 0.717) is 11.5 Å². The summed E-state index contributed by atoms with van der Waals surface area (Å²) >= 11 is 0. The summed E-state index contributed by atoms with van der Waals surface area (Å²) in [6.45, 7) is 1.03. The highest BCUT2D eigenvalue weighted by atomic mass is 19.4. The van der Waals surface area contributed by atoms with E-state index < -0.39 is 23.7 Å². The number of nitrogens with one attached hydrogen (secondary N) is 2. The van der Waals surface area contributed by atoms with Crippen molar-refractivity contribution < 1.29 is 32.3 Å². The van der Waals surface area contributed by atoms with E-state index in [4.69, 9.17) is 4.52 Å². The molecule has 0 spiro atoms. The number of alkyl halides is 3. The van der Waals surface area contributed by atoms with Crippen LogP contribution in [0.5, 0.6) is 0 Å². The highest BCUT2D eigenvalue weighted by molar-refractivity contribution is 5.99. The summed E-state index contributed by atoms with van der Waals surface area (Å²) in [6, 6.07) is 9.58. The van der Waals surface area contributed by atoms with E-state index in [1.54, 1.807) is 17.1 Å². The molecule has 4 aromatic rings. The average Bonchev–Trinajstić information content (AvgIpc) is 3.52. The van der Waals surface area contributed by atoms with Crippen LogP contribution in [0.4, 0.5) is 35.2 Å². The molecule has 0 saturated heterocycles. The third kappa shape index (κ3) is 7.53. The van der Waals surface area contributed by atoms with Crippen molar-refractivity contribution in [3.63, 3.8) is 0 Å². The first-order valence-corrected chi connectivity index (χ1v) is 14.1. The molecule has 10 nitrogen and oxygen atoms in total. The zero-order valence-electron chi connectivity index (χ0n) is 24.2. The number of aromatic nitrogens is 3. The van der Waals surface area contributed by atoms with Gasteiger partial charge in [0.1, 0.15) is 0 Å². The van der Waals surface area contributed by atoms with Crippen molar-refractivity contribution in [2.45, 2.75) is 44.3 Å². The Kier molecular flexibility index (Phi) is 8.71. The maximum absolute atomic E-state index is 13.7. The molecule has 5 rings (SSSR count). The lowest BCUT2D eigenvalue weighted by molar-refractivity contribution is -0.787. The van der Waals surface area contributed by atoms with Crippen LogP contribution in [0.15, 0.2) is 64.4 Å². The fourth-order valence-corrected chi connectivity index (χ4v) is 5.69. The SMILES string of the molecule is CN(C)CC1CCC([n+]2cc(NC(=O)Nc3cc(N=C([O-])Cc4cn(C)c5ccccc45)cc(C(F)(F)F)c3)on2)CC1. The molecule has 2 N–H and O–H groups in total. The molecule has 0 radical (unpaired) electrons. The second-order valence-corrected chi connectivity index (χ2v) is 11.3. The molecule has 13 heteroatoms. The van der Waals surface area contributed by atoms with E-state index in [1.165, 1.54) is 6.07 Å². The van der Waals surface area contributed by atoms with Crippen LogP contribution < -0.4 is 20.4 Å². The summed E-state index contributed by atoms with van der Waals surface area (Å²) in [4.78, 5) is 18.8. The van der Waals surface area contributed by atoms with Gasteiger partial charge >= 0.3 is 18.1 Å². The lowest BCUT2D eigenvalue weighted by Gasteiger charge is -2.26. The normalized spacial score (nSPS) is 17.9. The molecule has 1 aliphatic rings. The molecule has 1 saturated carbocycles. The predicted octanol–water partition coefficient (Wildman–Crippen LogP) is 5.04. The molecule has 0 bridgehead atoms. The number of hydrogen-bond donors (Lipinski definition) is 2. The van der Waals surface area contributed by atoms with E-state index in [2.05, 4.69) is 39.9 Å². The van der Waals surface area contributed by atoms with Crippen LogP contribution in [-0.2, 0) is 19.6 Å². The molecule has 1 fully saturated rings. The van der Waals surface area contributed by atoms with Gasteiger partial charge in [-0.15, -0.1) is 0 Å². The average molecular weight is 598 g/mol. The quantitative estimate of drug-likeness (QED) is 0.168. The monoisotopic (exact) mass is 597 g/mol. The molecule has 228 valence electrons. The molecule has 0 atom stereocenters. The Morgan fingerprint density at radius 2 is 1.91 bits per heavy atom. The summed E-state index contributed by atoms with van der Waals surface area (Å²) in [5, 5.41) is 22.5. The molecule has 2 heterocycles. The number of para-hydroxylation sites is 1. The van der Waals surface area contributed by atoms with Gasteiger partial charge in [-0.1, -0.05) is 18.2 Å². The number of hydrogen-bond acceptors (Lipinski definition) is 6. The Bertz CT molecular complexity index is 1620. The fourth-order valence-electron chi connectivity index (χ4n) is 5.69. The van der Waals surface area contributed by atoms with Crippen molar-refractivity contribution in [2.24, 2.45) is 18.0 Å². The zero-order valence-corrected chi connectivity index (χ0v) is 24.2. The predicted molar refractivity (Wildman–Crippen MR) is 154 cm³/mol. The molecule has 2 aromatic carbocycles. The van der Waals surface area contributed by atoms with Gasteiger partial charge in [0, 0.05) is 55.6 Å². The maximum atomic E-state index is 13.7. The van der Waals surface area contributed by atoms with Crippen molar-refractivity contribution in [1.29, 1.82) is 0 Å². The van der Waals surface area contributed by atoms with Crippen molar-refractivity contribution in [1.82, 2.24) is 14.7 Å². The Morgan fingerprint density at radius 1 is 1.16 bits per heavy atom. The summed E-state index contributed by atoms with van der Waals surface area (Å²) in [6.07, 6.45) is 2.51. The van der Waals surface area contributed by atoms with E-state index in [0.717, 1.165) is 55.3 Å². The molecule has 2 amide bonds. The van der Waals surface area contributed by atoms with Crippen molar-refractivity contribution >= 4 is 40.1 Å². The highest BCUT2D eigenvalue weighted by Crippen LogP contribution is 2.35. The summed E-state index contributed by atoms with van der Waals surface area (Å²) in [5.41, 5.74) is 0.173. The topological polar surface area (TPSA) is 115 Å². The van der Waals surface area contributed by atoms with Crippen LogP contribution in [0.2, 0.25) is 0 Å². The van der Waals surface area contributed by atoms with Crippen LogP contribution in [0.25, 0.3) is 10.9 Å². The number of carbonyl (C=O) groups is 1. The van der Waals surface area contributed by atoms with Gasteiger partial charge in [0.05, 0.1) is 11.3 Å². The third-order valence-corrected chi connectivity index (χ3v) is 7.61. The van der Waals surface area contributed by atoms with Crippen molar-refractivity contribution in [2.75, 3.05) is 31.3 Å². The van der Waals surface area contributed by atoms with Crippen molar-refractivity contribution in [3.8, 4) is 0 Å². The van der Waals surface area contributed by atoms with Gasteiger partial charge in [-0.2, -0.15) is 13.2 Å². The third-order valence-electron chi connectivity index (χ3n) is 7.61. The number of aryl methyl sites for hydroxylation is 1. The number of halogens is 3. The van der Waals surface area contributed by atoms with E-state index in [1.807, 2.05) is 35.9 Å². The van der Waals surface area contributed by atoms with Gasteiger partial charge < -0.3 is 19.9 Å². The van der Waals surface area contributed by atoms with E-state index in [9.17, 15) is 23.1 Å². The van der Waals surface area contributed by atoms with Crippen LogP contribution in [0.1, 0.15) is 42.9 Å². The molecular weight excluding hydrogens is 563 g/mol. The number of aliphatic imine (C=N–C) groups is 1. The number of urea groups is 1. The molecule has 1 aliphatic carbocycles. The number of carbonyl (C=O) groups excluding carboxylic acids is 1. The maximum Gasteiger partial charge on any atom is 0.416 e. The second-order valence-electron chi connectivity index (χ2n) is 11.3. The first kappa shape index (κ1) is 30.1. The Labute approximate surface area is 246 Å². The zero-order chi connectivity index (χ0) is 30.7. The number of rotatable bonds is 8. The van der Waals surface area contributed by atoms with Gasteiger partial charge in [-0.25, -0.2) is 4.79 Å². The van der Waals surface area contributed by atoms with Crippen LogP contribution >= 0.6 is 0 Å².